The van der Waals surface area contributed by atoms with Crippen molar-refractivity contribution in [1.82, 2.24) is 0 Å². The third-order valence-electron chi connectivity index (χ3n) is 4.69. The van der Waals surface area contributed by atoms with Gasteiger partial charge in [-0.1, -0.05) is 39.0 Å². The minimum absolute atomic E-state index is 0.0711. The maximum atomic E-state index is 12.4. The highest BCUT2D eigenvalue weighted by Gasteiger charge is 2.36. The lowest BCUT2D eigenvalue weighted by Gasteiger charge is -2.38. The molecule has 21 heavy (non-hydrogen) atoms. The molecule has 114 valence electrons. The molecule has 1 heterocycles. The Hall–Kier alpha value is -1.51. The van der Waals surface area contributed by atoms with Gasteiger partial charge in [0, 0.05) is 12.1 Å². The van der Waals surface area contributed by atoms with Crippen LogP contribution in [0.4, 0.5) is 5.69 Å². The van der Waals surface area contributed by atoms with E-state index in [0.717, 1.165) is 24.9 Å². The van der Waals surface area contributed by atoms with E-state index in [-0.39, 0.29) is 23.5 Å². The normalized spacial score (nSPS) is 30.3. The molecule has 0 amide bonds. The molecule has 1 fully saturated rings. The standard InChI is InChI=1S/C18H25NO2/c1-12-8-14(11-18(2,3)10-12)21-17(20)16-9-13-6-4-5-7-15(13)19-16/h4-7,12,14,16,19H,8-11H2,1-3H3/t12?,14?,16-/m0/s1. The lowest BCUT2D eigenvalue weighted by Crippen LogP contribution is -2.38. The van der Waals surface area contributed by atoms with Gasteiger partial charge in [-0.3, -0.25) is 0 Å². The molecule has 2 aliphatic rings. The van der Waals surface area contributed by atoms with E-state index < -0.39 is 0 Å². The summed E-state index contributed by atoms with van der Waals surface area (Å²) in [6, 6.07) is 7.88. The SMILES string of the molecule is CC1CC(OC(=O)[C@@H]2Cc3ccccc3N2)CC(C)(C)C1. The van der Waals surface area contributed by atoms with Crippen LogP contribution in [0.25, 0.3) is 0 Å². The van der Waals surface area contributed by atoms with Gasteiger partial charge >= 0.3 is 5.97 Å². The van der Waals surface area contributed by atoms with Crippen LogP contribution in [-0.2, 0) is 16.0 Å². The van der Waals surface area contributed by atoms with Crippen LogP contribution in [0.1, 0.15) is 45.6 Å². The van der Waals surface area contributed by atoms with Crippen LogP contribution in [0.15, 0.2) is 24.3 Å². The summed E-state index contributed by atoms with van der Waals surface area (Å²) in [4.78, 5) is 12.4. The minimum Gasteiger partial charge on any atom is -0.461 e. The zero-order valence-corrected chi connectivity index (χ0v) is 13.2. The molecule has 3 atom stereocenters. The van der Waals surface area contributed by atoms with Crippen LogP contribution >= 0.6 is 0 Å². The number of rotatable bonds is 2. The molecule has 0 radical (unpaired) electrons. The zero-order chi connectivity index (χ0) is 15.0. The minimum atomic E-state index is -0.220. The van der Waals surface area contributed by atoms with Gasteiger partial charge in [0.1, 0.15) is 12.1 Å². The number of esters is 1. The second-order valence-corrected chi connectivity index (χ2v) is 7.53. The molecule has 1 aromatic carbocycles. The fraction of sp³-hybridized carbons (Fsp3) is 0.611. The summed E-state index contributed by atoms with van der Waals surface area (Å²) in [5.74, 6) is 0.529. The molecule has 3 heteroatoms. The van der Waals surface area contributed by atoms with E-state index in [2.05, 4.69) is 32.2 Å². The number of fused-ring (bicyclic) bond motifs is 1. The molecular formula is C18H25NO2. The molecule has 3 nitrogen and oxygen atoms in total. The molecule has 0 bridgehead atoms. The molecule has 0 aromatic heterocycles. The number of anilines is 1. The molecule has 3 rings (SSSR count). The Morgan fingerprint density at radius 1 is 1.29 bits per heavy atom. The van der Waals surface area contributed by atoms with Gasteiger partial charge in [0.2, 0.25) is 0 Å². The quantitative estimate of drug-likeness (QED) is 0.841. The number of hydrogen-bond acceptors (Lipinski definition) is 3. The summed E-state index contributed by atoms with van der Waals surface area (Å²) in [6.45, 7) is 6.80. The van der Waals surface area contributed by atoms with E-state index in [1.807, 2.05) is 18.2 Å². The fourth-order valence-electron chi connectivity index (χ4n) is 4.03. The highest BCUT2D eigenvalue weighted by atomic mass is 16.5. The van der Waals surface area contributed by atoms with Crippen LogP contribution in [-0.4, -0.2) is 18.1 Å². The summed E-state index contributed by atoms with van der Waals surface area (Å²) in [5.41, 5.74) is 2.54. The first-order valence-electron chi connectivity index (χ1n) is 7.98. The lowest BCUT2D eigenvalue weighted by atomic mass is 9.71. The van der Waals surface area contributed by atoms with Crippen LogP contribution < -0.4 is 5.32 Å². The van der Waals surface area contributed by atoms with Gasteiger partial charge in [0.15, 0.2) is 0 Å². The lowest BCUT2D eigenvalue weighted by molar-refractivity contribution is -0.154. The van der Waals surface area contributed by atoms with E-state index >= 15 is 0 Å². The van der Waals surface area contributed by atoms with Crippen molar-refractivity contribution in [3.8, 4) is 0 Å². The molecule has 1 N–H and O–H groups in total. The molecule has 1 aliphatic carbocycles. The largest absolute Gasteiger partial charge is 0.461 e. The van der Waals surface area contributed by atoms with Crippen LogP contribution in [0.5, 0.6) is 0 Å². The van der Waals surface area contributed by atoms with Crippen molar-refractivity contribution in [1.29, 1.82) is 0 Å². The first-order valence-corrected chi connectivity index (χ1v) is 7.98. The molecule has 1 saturated carbocycles. The van der Waals surface area contributed by atoms with Crippen molar-refractivity contribution >= 4 is 11.7 Å². The molecule has 0 spiro atoms. The average Bonchev–Trinajstić information content (AvgIpc) is 2.79. The monoisotopic (exact) mass is 287 g/mol. The number of para-hydroxylation sites is 1. The Labute approximate surface area is 127 Å². The number of nitrogens with one attached hydrogen (secondary N) is 1. The van der Waals surface area contributed by atoms with Gasteiger partial charge in [0.25, 0.3) is 0 Å². The molecule has 0 saturated heterocycles. The topological polar surface area (TPSA) is 38.3 Å². The second-order valence-electron chi connectivity index (χ2n) is 7.53. The van der Waals surface area contributed by atoms with Crippen LogP contribution in [0.3, 0.4) is 0 Å². The Morgan fingerprint density at radius 3 is 2.76 bits per heavy atom. The summed E-state index contributed by atoms with van der Waals surface area (Å²) >= 11 is 0. The van der Waals surface area contributed by atoms with Crippen molar-refractivity contribution in [2.75, 3.05) is 5.32 Å². The van der Waals surface area contributed by atoms with Gasteiger partial charge in [-0.2, -0.15) is 0 Å². The van der Waals surface area contributed by atoms with Gasteiger partial charge in [-0.15, -0.1) is 0 Å². The average molecular weight is 287 g/mol. The van der Waals surface area contributed by atoms with Crippen LogP contribution in [0, 0.1) is 11.3 Å². The summed E-state index contributed by atoms with van der Waals surface area (Å²) < 4.78 is 5.81. The number of carbonyl (C=O) groups excluding carboxylic acids is 1. The first-order chi connectivity index (χ1) is 9.93. The summed E-state index contributed by atoms with van der Waals surface area (Å²) in [5, 5.41) is 3.28. The van der Waals surface area contributed by atoms with Gasteiger partial charge in [-0.05, 0) is 42.2 Å². The number of ether oxygens (including phenoxy) is 1. The third-order valence-corrected chi connectivity index (χ3v) is 4.69. The van der Waals surface area contributed by atoms with Gasteiger partial charge < -0.3 is 10.1 Å². The van der Waals surface area contributed by atoms with E-state index in [1.165, 1.54) is 12.0 Å². The van der Waals surface area contributed by atoms with Crippen molar-refractivity contribution in [3.63, 3.8) is 0 Å². The smallest absolute Gasteiger partial charge is 0.329 e. The predicted octanol–water partition coefficient (Wildman–Crippen LogP) is 3.78. The van der Waals surface area contributed by atoms with Crippen molar-refractivity contribution in [3.05, 3.63) is 29.8 Å². The molecule has 2 unspecified atom stereocenters. The summed E-state index contributed by atoms with van der Waals surface area (Å²) in [7, 11) is 0. The maximum absolute atomic E-state index is 12.4. The fourth-order valence-corrected chi connectivity index (χ4v) is 4.03. The van der Waals surface area contributed by atoms with Gasteiger partial charge in [-0.25, -0.2) is 4.79 Å². The zero-order valence-electron chi connectivity index (χ0n) is 13.2. The molecular weight excluding hydrogens is 262 g/mol. The summed E-state index contributed by atoms with van der Waals surface area (Å²) in [6.07, 6.45) is 3.99. The van der Waals surface area contributed by atoms with Gasteiger partial charge in [0.05, 0.1) is 0 Å². The highest BCUT2D eigenvalue weighted by Crippen LogP contribution is 2.40. The van der Waals surface area contributed by atoms with Crippen molar-refractivity contribution in [2.45, 2.75) is 58.6 Å². The third kappa shape index (κ3) is 3.22. The van der Waals surface area contributed by atoms with E-state index in [9.17, 15) is 4.79 Å². The number of hydrogen-bond donors (Lipinski definition) is 1. The Kier molecular flexibility index (Phi) is 3.68. The Morgan fingerprint density at radius 2 is 2.05 bits per heavy atom. The Bertz CT molecular complexity index is 513. The number of carbonyl (C=O) groups is 1. The first kappa shape index (κ1) is 14.4. The second kappa shape index (κ2) is 5.36. The number of benzene rings is 1. The maximum Gasteiger partial charge on any atom is 0.329 e. The van der Waals surface area contributed by atoms with Crippen molar-refractivity contribution in [2.24, 2.45) is 11.3 Å². The van der Waals surface area contributed by atoms with Crippen molar-refractivity contribution < 1.29 is 9.53 Å². The van der Waals surface area contributed by atoms with Crippen LogP contribution in [0.2, 0.25) is 0 Å². The Balaban J connectivity index is 1.60. The molecule has 1 aliphatic heterocycles. The van der Waals surface area contributed by atoms with E-state index in [4.69, 9.17) is 4.74 Å². The van der Waals surface area contributed by atoms with E-state index in [1.54, 1.807) is 0 Å². The molecule has 1 aromatic rings. The predicted molar refractivity (Wildman–Crippen MR) is 84.2 cm³/mol. The highest BCUT2D eigenvalue weighted by molar-refractivity contribution is 5.83. The van der Waals surface area contributed by atoms with E-state index in [0.29, 0.717) is 5.92 Å².